The van der Waals surface area contributed by atoms with Crippen LogP contribution in [0, 0.1) is 0 Å². The Kier molecular flexibility index (Phi) is 6.21. The number of carbonyl (C=O) groups is 1. The zero-order chi connectivity index (χ0) is 20.6. The second-order valence-corrected chi connectivity index (χ2v) is 6.21. The highest BCUT2D eigenvalue weighted by Crippen LogP contribution is 2.28. The molecule has 0 aromatic heterocycles. The van der Waals surface area contributed by atoms with Gasteiger partial charge in [-0.3, -0.25) is 4.79 Å². The van der Waals surface area contributed by atoms with E-state index in [1.165, 1.54) is 18.2 Å². The quantitative estimate of drug-likeness (QED) is 0.275. The van der Waals surface area contributed by atoms with E-state index < -0.39 is 0 Å². The number of aromatic hydroxyl groups is 2. The normalized spacial score (nSPS) is 10.9. The zero-order valence-electron chi connectivity index (χ0n) is 15.4. The molecular weight excluding hydrogens is 364 g/mol. The second kappa shape index (κ2) is 9.18. The number of allylic oxidation sites excluding steroid dienone is 3. The van der Waals surface area contributed by atoms with Crippen LogP contribution in [0.25, 0.3) is 17.7 Å². The Morgan fingerprint density at radius 2 is 1.38 bits per heavy atom. The molecule has 3 aromatic rings. The molecule has 0 aliphatic carbocycles. The van der Waals surface area contributed by atoms with Crippen molar-refractivity contribution in [2.45, 2.75) is 0 Å². The lowest BCUT2D eigenvalue weighted by molar-refractivity contribution is 0.104. The van der Waals surface area contributed by atoms with Gasteiger partial charge in [0.15, 0.2) is 5.78 Å². The first kappa shape index (κ1) is 19.6. The molecule has 0 unspecified atom stereocenters. The van der Waals surface area contributed by atoms with Gasteiger partial charge in [-0.2, -0.15) is 0 Å². The number of rotatable bonds is 6. The number of carbonyl (C=O) groups excluding carboxylic acids is 2. The second-order valence-electron chi connectivity index (χ2n) is 6.21. The van der Waals surface area contributed by atoms with Crippen LogP contribution in [0.2, 0.25) is 0 Å². The first-order valence-electron chi connectivity index (χ1n) is 8.91. The van der Waals surface area contributed by atoms with E-state index in [-0.39, 0.29) is 22.9 Å². The monoisotopic (exact) mass is 382 g/mol. The van der Waals surface area contributed by atoms with Crippen LogP contribution in [-0.2, 0) is 4.79 Å². The van der Waals surface area contributed by atoms with Crippen molar-refractivity contribution in [1.82, 2.24) is 0 Å². The number of para-hydroxylation sites is 2. The topological polar surface area (TPSA) is 74.6 Å². The van der Waals surface area contributed by atoms with E-state index in [2.05, 4.69) is 0 Å². The van der Waals surface area contributed by atoms with Crippen LogP contribution >= 0.6 is 0 Å². The third-order valence-corrected chi connectivity index (χ3v) is 4.30. The molecule has 0 fully saturated rings. The van der Waals surface area contributed by atoms with Gasteiger partial charge in [0.25, 0.3) is 0 Å². The molecule has 0 saturated heterocycles. The van der Waals surface area contributed by atoms with Gasteiger partial charge < -0.3 is 10.2 Å². The molecule has 3 rings (SSSR count). The molecule has 0 spiro atoms. The molecule has 0 aliphatic heterocycles. The molecule has 4 nitrogen and oxygen atoms in total. The van der Waals surface area contributed by atoms with E-state index in [9.17, 15) is 19.8 Å². The number of phenolic OH excluding ortho intramolecular Hbond substituents is 2. The van der Waals surface area contributed by atoms with Crippen molar-refractivity contribution in [1.29, 1.82) is 0 Å². The number of benzene rings is 3. The number of hydrogen-bond donors (Lipinski definition) is 2. The molecule has 0 bridgehead atoms. The van der Waals surface area contributed by atoms with Gasteiger partial charge in [0.1, 0.15) is 17.4 Å². The van der Waals surface area contributed by atoms with Crippen molar-refractivity contribution in [2.24, 2.45) is 0 Å². The van der Waals surface area contributed by atoms with E-state index in [1.807, 2.05) is 6.07 Å². The van der Waals surface area contributed by atoms with Crippen LogP contribution in [0.3, 0.4) is 0 Å². The molecule has 2 N–H and O–H groups in total. The molecule has 29 heavy (non-hydrogen) atoms. The summed E-state index contributed by atoms with van der Waals surface area (Å²) >= 11 is 0. The smallest absolute Gasteiger partial charge is 0.185 e. The lowest BCUT2D eigenvalue weighted by atomic mass is 10.0. The first-order chi connectivity index (χ1) is 14.1. The molecule has 142 valence electrons. The average molecular weight is 382 g/mol. The number of phenols is 2. The summed E-state index contributed by atoms with van der Waals surface area (Å²) in [7, 11) is 0. The van der Waals surface area contributed by atoms with Gasteiger partial charge in [-0.05, 0) is 36.4 Å². The van der Waals surface area contributed by atoms with Crippen LogP contribution in [-0.4, -0.2) is 21.9 Å². The standard InChI is InChI=1S/C25H18O4/c26-17-21(22-11-4-5-12-24(22)28)14-13-19-9-6-10-20(25(19)29)15-16-23(27)18-7-2-1-3-8-18/h1-16,28-29H. The largest absolute Gasteiger partial charge is 0.507 e. The fourth-order valence-corrected chi connectivity index (χ4v) is 2.77. The van der Waals surface area contributed by atoms with Gasteiger partial charge in [-0.1, -0.05) is 60.7 Å². The highest BCUT2D eigenvalue weighted by atomic mass is 16.3. The summed E-state index contributed by atoms with van der Waals surface area (Å²) in [5, 5.41) is 20.4. The average Bonchev–Trinajstić information content (AvgIpc) is 2.75. The van der Waals surface area contributed by atoms with Crippen molar-refractivity contribution >= 4 is 29.4 Å². The van der Waals surface area contributed by atoms with Gasteiger partial charge in [-0.15, -0.1) is 0 Å². The zero-order valence-corrected chi connectivity index (χ0v) is 15.4. The lowest BCUT2D eigenvalue weighted by Crippen LogP contribution is -1.92. The van der Waals surface area contributed by atoms with Crippen LogP contribution < -0.4 is 0 Å². The SMILES string of the molecule is O=C=C(C=Cc1cccc(C=CC(=O)c2ccccc2)c1O)c1ccccc1O. The van der Waals surface area contributed by atoms with Crippen LogP contribution in [0.1, 0.15) is 27.0 Å². The van der Waals surface area contributed by atoms with Crippen LogP contribution in [0.5, 0.6) is 11.5 Å². The van der Waals surface area contributed by atoms with Gasteiger partial charge in [-0.25, -0.2) is 4.79 Å². The summed E-state index contributed by atoms with van der Waals surface area (Å²) in [6.45, 7) is 0. The minimum Gasteiger partial charge on any atom is -0.507 e. The van der Waals surface area contributed by atoms with Gasteiger partial charge in [0, 0.05) is 22.3 Å². The maximum atomic E-state index is 12.2. The molecule has 0 heterocycles. The van der Waals surface area contributed by atoms with Crippen molar-refractivity contribution in [3.05, 3.63) is 107 Å². The van der Waals surface area contributed by atoms with Crippen LogP contribution in [0.4, 0.5) is 0 Å². The number of hydrogen-bond acceptors (Lipinski definition) is 4. The van der Waals surface area contributed by atoms with Gasteiger partial charge in [0.05, 0.1) is 5.57 Å². The van der Waals surface area contributed by atoms with E-state index in [0.717, 1.165) is 0 Å². The molecule has 4 heteroatoms. The van der Waals surface area contributed by atoms with Crippen molar-refractivity contribution in [3.63, 3.8) is 0 Å². The summed E-state index contributed by atoms with van der Waals surface area (Å²) in [6, 6.07) is 20.4. The third kappa shape index (κ3) is 4.78. The minimum absolute atomic E-state index is 0.0246. The van der Waals surface area contributed by atoms with Crippen LogP contribution in [0.15, 0.2) is 84.9 Å². The molecule has 3 aromatic carbocycles. The summed E-state index contributed by atoms with van der Waals surface area (Å²) < 4.78 is 0. The predicted octanol–water partition coefficient (Wildman–Crippen LogP) is 4.92. The Morgan fingerprint density at radius 3 is 2.03 bits per heavy atom. The molecule has 0 saturated carbocycles. The van der Waals surface area contributed by atoms with Gasteiger partial charge in [0.2, 0.25) is 0 Å². The molecule has 0 amide bonds. The van der Waals surface area contributed by atoms with Crippen molar-refractivity contribution < 1.29 is 19.8 Å². The first-order valence-corrected chi connectivity index (χ1v) is 8.91. The number of ketones is 1. The fraction of sp³-hybridized carbons (Fsp3) is 0. The maximum absolute atomic E-state index is 12.2. The van der Waals surface area contributed by atoms with E-state index in [0.29, 0.717) is 22.3 Å². The van der Waals surface area contributed by atoms with E-state index >= 15 is 0 Å². The van der Waals surface area contributed by atoms with Crippen molar-refractivity contribution in [3.8, 4) is 11.5 Å². The lowest BCUT2D eigenvalue weighted by Gasteiger charge is -2.04. The predicted molar refractivity (Wildman–Crippen MR) is 114 cm³/mol. The maximum Gasteiger partial charge on any atom is 0.185 e. The summed E-state index contributed by atoms with van der Waals surface area (Å²) in [5.74, 6) is 1.58. The third-order valence-electron chi connectivity index (χ3n) is 4.30. The Morgan fingerprint density at radius 1 is 0.759 bits per heavy atom. The van der Waals surface area contributed by atoms with Gasteiger partial charge >= 0.3 is 0 Å². The highest BCUT2D eigenvalue weighted by Gasteiger charge is 2.07. The highest BCUT2D eigenvalue weighted by molar-refractivity contribution is 6.07. The van der Waals surface area contributed by atoms with E-state index in [4.69, 9.17) is 0 Å². The fourth-order valence-electron chi connectivity index (χ4n) is 2.77. The Balaban J connectivity index is 1.84. The summed E-state index contributed by atoms with van der Waals surface area (Å²) in [6.07, 6.45) is 5.97. The molecule has 0 atom stereocenters. The Labute approximate surface area is 168 Å². The molecular formula is C25H18O4. The minimum atomic E-state index is -0.170. The molecule has 0 aliphatic rings. The van der Waals surface area contributed by atoms with E-state index in [1.54, 1.807) is 78.8 Å². The Hall–Kier alpha value is -4.14. The summed E-state index contributed by atoms with van der Waals surface area (Å²) in [5.41, 5.74) is 1.99. The Bertz CT molecular complexity index is 1130. The summed E-state index contributed by atoms with van der Waals surface area (Å²) in [4.78, 5) is 23.5. The molecule has 0 radical (unpaired) electrons. The van der Waals surface area contributed by atoms with Crippen molar-refractivity contribution in [2.75, 3.05) is 0 Å².